The standard InChI is InChI=1S/C11H16BrN3/c1-8-4-6-14-11(10(8)12)15-7-9-3-2-5-13-9/h4,6,9,13H,2-3,5,7H2,1H3,(H,14,15). The number of halogens is 1. The largest absolute Gasteiger partial charge is 0.368 e. The smallest absolute Gasteiger partial charge is 0.140 e. The Labute approximate surface area is 98.8 Å². The van der Waals surface area contributed by atoms with Gasteiger partial charge in [0.05, 0.1) is 4.47 Å². The van der Waals surface area contributed by atoms with Crippen molar-refractivity contribution < 1.29 is 0 Å². The van der Waals surface area contributed by atoms with Crippen molar-refractivity contribution >= 4 is 21.7 Å². The quantitative estimate of drug-likeness (QED) is 0.885. The number of hydrogen-bond acceptors (Lipinski definition) is 3. The van der Waals surface area contributed by atoms with Crippen LogP contribution in [0.15, 0.2) is 16.7 Å². The Bertz CT molecular complexity index is 335. The highest BCUT2D eigenvalue weighted by atomic mass is 79.9. The molecule has 2 rings (SSSR count). The molecule has 2 N–H and O–H groups in total. The first-order chi connectivity index (χ1) is 7.27. The second-order valence-corrected chi connectivity index (χ2v) is 4.76. The molecule has 82 valence electrons. The molecule has 2 heterocycles. The van der Waals surface area contributed by atoms with Gasteiger partial charge in [-0.3, -0.25) is 0 Å². The van der Waals surface area contributed by atoms with Crippen LogP contribution in [0.3, 0.4) is 0 Å². The summed E-state index contributed by atoms with van der Waals surface area (Å²) in [6.45, 7) is 4.18. The molecule has 0 spiro atoms. The van der Waals surface area contributed by atoms with Crippen LogP contribution in [0.1, 0.15) is 18.4 Å². The highest BCUT2D eigenvalue weighted by Gasteiger charge is 2.14. The van der Waals surface area contributed by atoms with Crippen LogP contribution in [0.2, 0.25) is 0 Å². The van der Waals surface area contributed by atoms with E-state index in [1.807, 2.05) is 12.3 Å². The second-order valence-electron chi connectivity index (χ2n) is 3.96. The Morgan fingerprint density at radius 2 is 2.53 bits per heavy atom. The Morgan fingerprint density at radius 3 is 3.27 bits per heavy atom. The lowest BCUT2D eigenvalue weighted by atomic mass is 10.2. The molecule has 0 amide bonds. The number of nitrogens with one attached hydrogen (secondary N) is 2. The van der Waals surface area contributed by atoms with Gasteiger partial charge in [0.2, 0.25) is 0 Å². The van der Waals surface area contributed by atoms with Gasteiger partial charge in [-0.15, -0.1) is 0 Å². The first-order valence-electron chi connectivity index (χ1n) is 5.36. The lowest BCUT2D eigenvalue weighted by Gasteiger charge is -2.13. The number of aryl methyl sites for hydroxylation is 1. The summed E-state index contributed by atoms with van der Waals surface area (Å²) in [6.07, 6.45) is 4.38. The third-order valence-corrected chi connectivity index (χ3v) is 3.76. The third kappa shape index (κ3) is 2.69. The average Bonchev–Trinajstić information content (AvgIpc) is 2.73. The maximum atomic E-state index is 4.31. The average molecular weight is 270 g/mol. The summed E-state index contributed by atoms with van der Waals surface area (Å²) < 4.78 is 1.07. The number of aromatic nitrogens is 1. The fourth-order valence-corrected chi connectivity index (χ4v) is 2.19. The molecule has 1 unspecified atom stereocenters. The molecule has 3 nitrogen and oxygen atoms in total. The summed E-state index contributed by atoms with van der Waals surface area (Å²) in [4.78, 5) is 4.31. The fourth-order valence-electron chi connectivity index (χ4n) is 1.81. The predicted molar refractivity (Wildman–Crippen MR) is 66.2 cm³/mol. The van der Waals surface area contributed by atoms with E-state index in [9.17, 15) is 0 Å². The number of anilines is 1. The van der Waals surface area contributed by atoms with Crippen LogP contribution in [0.5, 0.6) is 0 Å². The van der Waals surface area contributed by atoms with Crippen molar-refractivity contribution in [1.82, 2.24) is 10.3 Å². The number of pyridine rings is 1. The fraction of sp³-hybridized carbons (Fsp3) is 0.545. The highest BCUT2D eigenvalue weighted by molar-refractivity contribution is 9.10. The van der Waals surface area contributed by atoms with E-state index in [1.54, 1.807) is 0 Å². The van der Waals surface area contributed by atoms with Gasteiger partial charge in [0.25, 0.3) is 0 Å². The van der Waals surface area contributed by atoms with Crippen LogP contribution >= 0.6 is 15.9 Å². The minimum absolute atomic E-state index is 0.596. The van der Waals surface area contributed by atoms with Gasteiger partial charge in [0.15, 0.2) is 0 Å². The van der Waals surface area contributed by atoms with E-state index in [0.717, 1.165) is 23.4 Å². The maximum absolute atomic E-state index is 4.31. The predicted octanol–water partition coefficient (Wildman–Crippen LogP) is 2.32. The van der Waals surface area contributed by atoms with Crippen molar-refractivity contribution in [1.29, 1.82) is 0 Å². The monoisotopic (exact) mass is 269 g/mol. The topological polar surface area (TPSA) is 37.0 Å². The van der Waals surface area contributed by atoms with Crippen LogP contribution in [-0.4, -0.2) is 24.1 Å². The van der Waals surface area contributed by atoms with E-state index < -0.39 is 0 Å². The van der Waals surface area contributed by atoms with Gasteiger partial charge in [-0.1, -0.05) is 0 Å². The lowest BCUT2D eigenvalue weighted by molar-refractivity contribution is 0.632. The summed E-state index contributed by atoms with van der Waals surface area (Å²) in [6, 6.07) is 2.60. The van der Waals surface area contributed by atoms with E-state index in [-0.39, 0.29) is 0 Å². The molecule has 1 aromatic rings. The Kier molecular flexibility index (Phi) is 3.59. The zero-order chi connectivity index (χ0) is 10.7. The van der Waals surface area contributed by atoms with E-state index >= 15 is 0 Å². The van der Waals surface area contributed by atoms with Gasteiger partial charge in [0, 0.05) is 18.8 Å². The molecule has 0 aliphatic carbocycles. The molecular formula is C11H16BrN3. The zero-order valence-corrected chi connectivity index (χ0v) is 10.5. The van der Waals surface area contributed by atoms with Crippen LogP contribution < -0.4 is 10.6 Å². The molecule has 1 atom stereocenters. The van der Waals surface area contributed by atoms with Gasteiger partial charge in [-0.2, -0.15) is 0 Å². The number of hydrogen-bond donors (Lipinski definition) is 2. The van der Waals surface area contributed by atoms with E-state index in [4.69, 9.17) is 0 Å². The molecule has 4 heteroatoms. The minimum atomic E-state index is 0.596. The Morgan fingerprint density at radius 1 is 1.67 bits per heavy atom. The van der Waals surface area contributed by atoms with Gasteiger partial charge in [-0.25, -0.2) is 4.98 Å². The van der Waals surface area contributed by atoms with Crippen molar-refractivity contribution in [3.8, 4) is 0 Å². The zero-order valence-electron chi connectivity index (χ0n) is 8.89. The van der Waals surface area contributed by atoms with Crippen molar-refractivity contribution in [3.63, 3.8) is 0 Å². The van der Waals surface area contributed by atoms with Crippen LogP contribution in [0.25, 0.3) is 0 Å². The number of nitrogens with zero attached hydrogens (tertiary/aromatic N) is 1. The molecular weight excluding hydrogens is 254 g/mol. The van der Waals surface area contributed by atoms with Gasteiger partial charge in [0.1, 0.15) is 5.82 Å². The molecule has 0 radical (unpaired) electrons. The van der Waals surface area contributed by atoms with E-state index in [2.05, 4.69) is 38.5 Å². The van der Waals surface area contributed by atoms with Crippen molar-refractivity contribution in [2.75, 3.05) is 18.4 Å². The molecule has 1 fully saturated rings. The summed E-state index contributed by atoms with van der Waals surface area (Å²) in [5.74, 6) is 0.948. The van der Waals surface area contributed by atoms with Gasteiger partial charge in [-0.05, 0) is 53.9 Å². The maximum Gasteiger partial charge on any atom is 0.140 e. The highest BCUT2D eigenvalue weighted by Crippen LogP contribution is 2.23. The van der Waals surface area contributed by atoms with Crippen LogP contribution in [0, 0.1) is 6.92 Å². The third-order valence-electron chi connectivity index (χ3n) is 2.76. The summed E-state index contributed by atoms with van der Waals surface area (Å²) in [5.41, 5.74) is 1.21. The number of rotatable bonds is 3. The van der Waals surface area contributed by atoms with E-state index in [0.29, 0.717) is 6.04 Å². The molecule has 0 aromatic carbocycles. The van der Waals surface area contributed by atoms with Crippen molar-refractivity contribution in [2.24, 2.45) is 0 Å². The second kappa shape index (κ2) is 4.94. The van der Waals surface area contributed by atoms with Crippen molar-refractivity contribution in [2.45, 2.75) is 25.8 Å². The Balaban J connectivity index is 1.95. The van der Waals surface area contributed by atoms with Crippen molar-refractivity contribution in [3.05, 3.63) is 22.3 Å². The molecule has 0 saturated carbocycles. The SMILES string of the molecule is Cc1ccnc(NCC2CCCN2)c1Br. The van der Waals surface area contributed by atoms with Crippen LogP contribution in [0.4, 0.5) is 5.82 Å². The molecule has 15 heavy (non-hydrogen) atoms. The lowest BCUT2D eigenvalue weighted by Crippen LogP contribution is -2.29. The van der Waals surface area contributed by atoms with Gasteiger partial charge >= 0.3 is 0 Å². The molecule has 1 aromatic heterocycles. The van der Waals surface area contributed by atoms with E-state index in [1.165, 1.54) is 18.4 Å². The first-order valence-corrected chi connectivity index (χ1v) is 6.15. The normalized spacial score (nSPS) is 20.5. The molecule has 1 aliphatic rings. The van der Waals surface area contributed by atoms with Gasteiger partial charge < -0.3 is 10.6 Å². The molecule has 1 aliphatic heterocycles. The minimum Gasteiger partial charge on any atom is -0.368 e. The summed E-state index contributed by atoms with van der Waals surface area (Å²) in [5, 5.41) is 6.83. The Hall–Kier alpha value is -0.610. The summed E-state index contributed by atoms with van der Waals surface area (Å²) >= 11 is 3.54. The molecule has 0 bridgehead atoms. The summed E-state index contributed by atoms with van der Waals surface area (Å²) in [7, 11) is 0. The van der Waals surface area contributed by atoms with Crippen LogP contribution in [-0.2, 0) is 0 Å². The first kappa shape index (κ1) is 10.9. The molecule has 1 saturated heterocycles.